The van der Waals surface area contributed by atoms with Crippen molar-refractivity contribution in [2.45, 2.75) is 44.6 Å². The van der Waals surface area contributed by atoms with Gasteiger partial charge in [0.2, 0.25) is 5.91 Å². The lowest BCUT2D eigenvalue weighted by Gasteiger charge is -2.29. The van der Waals surface area contributed by atoms with Gasteiger partial charge in [-0.15, -0.1) is 0 Å². The maximum atomic E-state index is 12.0. The summed E-state index contributed by atoms with van der Waals surface area (Å²) in [4.78, 5) is 25.3. The van der Waals surface area contributed by atoms with Crippen molar-refractivity contribution in [2.24, 2.45) is 0 Å². The van der Waals surface area contributed by atoms with Gasteiger partial charge in [-0.05, 0) is 19.3 Å². The molecule has 1 spiro atoms. The minimum absolute atomic E-state index is 0.0368. The third kappa shape index (κ3) is 2.06. The summed E-state index contributed by atoms with van der Waals surface area (Å²) in [5, 5.41) is 10.4. The molecule has 2 N–H and O–H groups in total. The second-order valence-corrected chi connectivity index (χ2v) is 4.84. The molecule has 5 nitrogen and oxygen atoms in total. The third-order valence-electron chi connectivity index (χ3n) is 3.62. The number of nitrogens with one attached hydrogen (secondary N) is 2. The van der Waals surface area contributed by atoms with E-state index in [1.54, 1.807) is 4.90 Å². The Morgan fingerprint density at radius 2 is 2.06 bits per heavy atom. The van der Waals surface area contributed by atoms with Crippen LogP contribution in [0, 0.1) is 5.41 Å². The molecule has 2 fully saturated rings. The molecule has 2 rings (SSSR count). The van der Waals surface area contributed by atoms with Crippen molar-refractivity contribution in [1.29, 1.82) is 5.41 Å². The van der Waals surface area contributed by atoms with Gasteiger partial charge in [-0.25, -0.2) is 0 Å². The molecule has 0 atom stereocenters. The van der Waals surface area contributed by atoms with E-state index in [-0.39, 0.29) is 24.1 Å². The lowest BCUT2D eigenvalue weighted by atomic mass is 10.1. The fourth-order valence-corrected chi connectivity index (χ4v) is 2.42. The van der Waals surface area contributed by atoms with Crippen LogP contribution in [0.4, 0.5) is 0 Å². The number of carbonyl (C=O) groups excluding carboxylic acids is 2. The normalized spacial score (nSPS) is 22.6. The molecule has 2 amide bonds. The summed E-state index contributed by atoms with van der Waals surface area (Å²) in [6.07, 6.45) is 4.65. The second-order valence-electron chi connectivity index (χ2n) is 4.84. The SMILES string of the molecule is CCCCCN1C(=O)CNC(=O)C(=N)C12CC2. The highest BCUT2D eigenvalue weighted by atomic mass is 16.2. The number of hydrogen-bond acceptors (Lipinski definition) is 3. The average molecular weight is 237 g/mol. The second kappa shape index (κ2) is 4.47. The van der Waals surface area contributed by atoms with E-state index in [0.29, 0.717) is 6.54 Å². The van der Waals surface area contributed by atoms with Gasteiger partial charge in [-0.1, -0.05) is 19.8 Å². The Kier molecular flexibility index (Phi) is 3.17. The van der Waals surface area contributed by atoms with Crippen LogP contribution in [0.25, 0.3) is 0 Å². The fourth-order valence-electron chi connectivity index (χ4n) is 2.42. The fraction of sp³-hybridized carbons (Fsp3) is 0.750. The van der Waals surface area contributed by atoms with E-state index in [1.807, 2.05) is 0 Å². The molecule has 1 saturated carbocycles. The monoisotopic (exact) mass is 237 g/mol. The molecular weight excluding hydrogens is 218 g/mol. The summed E-state index contributed by atoms with van der Waals surface area (Å²) in [5.41, 5.74) is -0.495. The van der Waals surface area contributed by atoms with E-state index in [1.165, 1.54) is 0 Å². The van der Waals surface area contributed by atoms with Crippen LogP contribution in [0.1, 0.15) is 39.0 Å². The lowest BCUT2D eigenvalue weighted by molar-refractivity contribution is -0.132. The molecule has 2 aliphatic rings. The van der Waals surface area contributed by atoms with Gasteiger partial charge in [0.25, 0.3) is 5.91 Å². The minimum Gasteiger partial charge on any atom is -0.342 e. The molecule has 0 unspecified atom stereocenters. The zero-order valence-corrected chi connectivity index (χ0v) is 10.2. The van der Waals surface area contributed by atoms with Gasteiger partial charge in [-0.3, -0.25) is 15.0 Å². The maximum absolute atomic E-state index is 12.0. The van der Waals surface area contributed by atoms with Crippen LogP contribution >= 0.6 is 0 Å². The molecule has 1 aliphatic carbocycles. The van der Waals surface area contributed by atoms with Gasteiger partial charge in [-0.2, -0.15) is 0 Å². The highest BCUT2D eigenvalue weighted by Crippen LogP contribution is 2.43. The standard InChI is InChI=1S/C12H19N3O2/c1-2-3-4-7-15-9(16)8-14-11(17)10(13)12(15)5-6-12/h13H,2-8H2,1H3,(H,14,17). The summed E-state index contributed by atoms with van der Waals surface area (Å²) in [5.74, 6) is -0.428. The van der Waals surface area contributed by atoms with Crippen LogP contribution in [-0.4, -0.2) is 41.1 Å². The molecule has 1 heterocycles. The first-order valence-corrected chi connectivity index (χ1v) is 6.29. The van der Waals surface area contributed by atoms with Gasteiger partial charge in [0, 0.05) is 6.54 Å². The smallest absolute Gasteiger partial charge is 0.267 e. The lowest BCUT2D eigenvalue weighted by Crippen LogP contribution is -2.47. The first-order chi connectivity index (χ1) is 8.12. The van der Waals surface area contributed by atoms with Crippen molar-refractivity contribution in [2.75, 3.05) is 13.1 Å². The number of amides is 2. The van der Waals surface area contributed by atoms with E-state index in [0.717, 1.165) is 32.1 Å². The zero-order chi connectivity index (χ0) is 12.5. The molecule has 0 bridgehead atoms. The Balaban J connectivity index is 2.13. The van der Waals surface area contributed by atoms with Crippen molar-refractivity contribution in [3.8, 4) is 0 Å². The number of rotatable bonds is 4. The largest absolute Gasteiger partial charge is 0.342 e. The predicted octanol–water partition coefficient (Wildman–Crippen LogP) is 0.687. The van der Waals surface area contributed by atoms with Crippen molar-refractivity contribution < 1.29 is 9.59 Å². The van der Waals surface area contributed by atoms with E-state index >= 15 is 0 Å². The summed E-state index contributed by atoms with van der Waals surface area (Å²) in [6, 6.07) is 0. The molecule has 0 aromatic heterocycles. The van der Waals surface area contributed by atoms with Gasteiger partial charge >= 0.3 is 0 Å². The molecule has 1 aliphatic heterocycles. The summed E-state index contributed by atoms with van der Waals surface area (Å²) in [6.45, 7) is 2.82. The predicted molar refractivity (Wildman–Crippen MR) is 63.9 cm³/mol. The van der Waals surface area contributed by atoms with Gasteiger partial charge in [0.1, 0.15) is 5.71 Å². The zero-order valence-electron chi connectivity index (χ0n) is 10.2. The van der Waals surface area contributed by atoms with Crippen molar-refractivity contribution in [3.05, 3.63) is 0 Å². The number of carbonyl (C=O) groups is 2. The van der Waals surface area contributed by atoms with E-state index in [9.17, 15) is 9.59 Å². The average Bonchev–Trinajstić information content (AvgIpc) is 3.11. The molecular formula is C12H19N3O2. The number of unbranched alkanes of at least 4 members (excludes halogenated alkanes) is 2. The third-order valence-corrected chi connectivity index (χ3v) is 3.62. The Labute approximate surface area is 101 Å². The van der Waals surface area contributed by atoms with Gasteiger partial charge < -0.3 is 10.2 Å². The number of nitrogens with zero attached hydrogens (tertiary/aromatic N) is 1. The molecule has 17 heavy (non-hydrogen) atoms. The highest BCUT2D eigenvalue weighted by Gasteiger charge is 2.56. The minimum atomic E-state index is -0.564. The summed E-state index contributed by atoms with van der Waals surface area (Å²) >= 11 is 0. The maximum Gasteiger partial charge on any atom is 0.267 e. The van der Waals surface area contributed by atoms with Gasteiger partial charge in [0.15, 0.2) is 0 Å². The number of hydrogen-bond donors (Lipinski definition) is 2. The first kappa shape index (κ1) is 12.1. The van der Waals surface area contributed by atoms with Crippen LogP contribution in [0.5, 0.6) is 0 Å². The molecule has 1 saturated heterocycles. The van der Waals surface area contributed by atoms with Crippen LogP contribution in [0.15, 0.2) is 0 Å². The topological polar surface area (TPSA) is 73.3 Å². The summed E-state index contributed by atoms with van der Waals surface area (Å²) < 4.78 is 0. The highest BCUT2D eigenvalue weighted by molar-refractivity contribution is 6.43. The van der Waals surface area contributed by atoms with E-state index in [4.69, 9.17) is 5.41 Å². The quantitative estimate of drug-likeness (QED) is 0.706. The van der Waals surface area contributed by atoms with Crippen LogP contribution < -0.4 is 5.32 Å². The Hall–Kier alpha value is -1.39. The van der Waals surface area contributed by atoms with Crippen molar-refractivity contribution >= 4 is 17.5 Å². The first-order valence-electron chi connectivity index (χ1n) is 6.29. The molecule has 0 radical (unpaired) electrons. The molecule has 94 valence electrons. The van der Waals surface area contributed by atoms with Crippen LogP contribution in [0.2, 0.25) is 0 Å². The van der Waals surface area contributed by atoms with E-state index < -0.39 is 5.54 Å². The Morgan fingerprint density at radius 3 is 2.65 bits per heavy atom. The molecule has 0 aromatic rings. The van der Waals surface area contributed by atoms with Crippen LogP contribution in [0.3, 0.4) is 0 Å². The van der Waals surface area contributed by atoms with E-state index in [2.05, 4.69) is 12.2 Å². The molecule has 5 heteroatoms. The van der Waals surface area contributed by atoms with Crippen molar-refractivity contribution in [1.82, 2.24) is 10.2 Å². The van der Waals surface area contributed by atoms with Crippen molar-refractivity contribution in [3.63, 3.8) is 0 Å². The van der Waals surface area contributed by atoms with Gasteiger partial charge in [0.05, 0.1) is 12.1 Å². The van der Waals surface area contributed by atoms with Crippen LogP contribution in [-0.2, 0) is 9.59 Å². The Bertz CT molecular complexity index is 361. The Morgan fingerprint density at radius 1 is 1.35 bits per heavy atom. The molecule has 0 aromatic carbocycles. The summed E-state index contributed by atoms with van der Waals surface area (Å²) in [7, 11) is 0.